The first-order chi connectivity index (χ1) is 6.18. The van der Waals surface area contributed by atoms with E-state index in [0.29, 0.717) is 5.92 Å². The predicted molar refractivity (Wildman–Crippen MR) is 52.3 cm³/mol. The Hall–Kier alpha value is -1.05. The molecule has 13 heavy (non-hydrogen) atoms. The molecule has 1 aromatic rings. The average molecular weight is 177 g/mol. The lowest BCUT2D eigenvalue weighted by Crippen LogP contribution is -1.97. The maximum Gasteiger partial charge on any atom is 0.143 e. The van der Waals surface area contributed by atoms with Gasteiger partial charge in [-0.1, -0.05) is 13.8 Å². The summed E-state index contributed by atoms with van der Waals surface area (Å²) < 4.78 is 5.50. The SMILES string of the molecule is Cc1nc(C(C)C)cc2c1OCC2. The Balaban J connectivity index is 2.49. The van der Waals surface area contributed by atoms with E-state index in [9.17, 15) is 0 Å². The van der Waals surface area contributed by atoms with Crippen molar-refractivity contribution in [3.8, 4) is 5.75 Å². The minimum atomic E-state index is 0.504. The topological polar surface area (TPSA) is 22.1 Å². The molecule has 0 N–H and O–H groups in total. The van der Waals surface area contributed by atoms with Gasteiger partial charge in [0.2, 0.25) is 0 Å². The zero-order chi connectivity index (χ0) is 9.42. The molecule has 0 atom stereocenters. The molecule has 1 aliphatic heterocycles. The molecule has 0 radical (unpaired) electrons. The van der Waals surface area contributed by atoms with Crippen LogP contribution in [0.3, 0.4) is 0 Å². The van der Waals surface area contributed by atoms with E-state index >= 15 is 0 Å². The smallest absolute Gasteiger partial charge is 0.143 e. The molecule has 0 fully saturated rings. The highest BCUT2D eigenvalue weighted by molar-refractivity contribution is 5.41. The summed E-state index contributed by atoms with van der Waals surface area (Å²) in [6.07, 6.45) is 1.04. The highest BCUT2D eigenvalue weighted by atomic mass is 16.5. The molecule has 2 rings (SSSR count). The summed E-state index contributed by atoms with van der Waals surface area (Å²) in [5, 5.41) is 0. The zero-order valence-corrected chi connectivity index (χ0v) is 8.42. The quantitative estimate of drug-likeness (QED) is 0.657. The monoisotopic (exact) mass is 177 g/mol. The van der Waals surface area contributed by atoms with Crippen molar-refractivity contribution in [1.82, 2.24) is 4.98 Å². The lowest BCUT2D eigenvalue weighted by molar-refractivity contribution is 0.353. The van der Waals surface area contributed by atoms with Gasteiger partial charge in [-0.2, -0.15) is 0 Å². The zero-order valence-electron chi connectivity index (χ0n) is 8.42. The van der Waals surface area contributed by atoms with Gasteiger partial charge in [-0.25, -0.2) is 0 Å². The van der Waals surface area contributed by atoms with E-state index in [0.717, 1.165) is 24.5 Å². The number of pyridine rings is 1. The first-order valence-electron chi connectivity index (χ1n) is 4.81. The molecular formula is C11H15NO. The van der Waals surface area contributed by atoms with Crippen LogP contribution in [0, 0.1) is 6.92 Å². The summed E-state index contributed by atoms with van der Waals surface area (Å²) in [7, 11) is 0. The van der Waals surface area contributed by atoms with Gasteiger partial charge in [0.1, 0.15) is 5.75 Å². The molecule has 0 aliphatic carbocycles. The Bertz CT molecular complexity index is 331. The average Bonchev–Trinajstić information content (AvgIpc) is 2.51. The van der Waals surface area contributed by atoms with E-state index in [1.807, 2.05) is 6.92 Å². The van der Waals surface area contributed by atoms with E-state index in [1.165, 1.54) is 11.3 Å². The van der Waals surface area contributed by atoms with Gasteiger partial charge in [0.15, 0.2) is 0 Å². The number of aryl methyl sites for hydroxylation is 1. The molecule has 0 spiro atoms. The molecule has 2 heteroatoms. The Morgan fingerprint density at radius 1 is 1.46 bits per heavy atom. The molecular weight excluding hydrogens is 162 g/mol. The fourth-order valence-electron chi connectivity index (χ4n) is 1.69. The molecule has 70 valence electrons. The molecule has 0 amide bonds. The highest BCUT2D eigenvalue weighted by Gasteiger charge is 2.17. The van der Waals surface area contributed by atoms with Gasteiger partial charge in [0.25, 0.3) is 0 Å². The van der Waals surface area contributed by atoms with Crippen LogP contribution < -0.4 is 4.74 Å². The number of aromatic nitrogens is 1. The maximum absolute atomic E-state index is 5.50. The third-order valence-electron chi connectivity index (χ3n) is 2.45. The second-order valence-corrected chi connectivity index (χ2v) is 3.87. The van der Waals surface area contributed by atoms with Crippen LogP contribution in [0.25, 0.3) is 0 Å². The molecule has 1 aromatic heterocycles. The van der Waals surface area contributed by atoms with Gasteiger partial charge in [0, 0.05) is 17.7 Å². The van der Waals surface area contributed by atoms with E-state index in [4.69, 9.17) is 4.74 Å². The highest BCUT2D eigenvalue weighted by Crippen LogP contribution is 2.30. The summed E-state index contributed by atoms with van der Waals surface area (Å²) >= 11 is 0. The van der Waals surface area contributed by atoms with Gasteiger partial charge >= 0.3 is 0 Å². The van der Waals surface area contributed by atoms with Crippen molar-refractivity contribution in [3.63, 3.8) is 0 Å². The first kappa shape index (κ1) is 8.54. The third kappa shape index (κ3) is 1.41. The normalized spacial score (nSPS) is 14.5. The number of hydrogen-bond acceptors (Lipinski definition) is 2. The van der Waals surface area contributed by atoms with Gasteiger partial charge in [-0.15, -0.1) is 0 Å². The van der Waals surface area contributed by atoms with E-state index in [2.05, 4.69) is 24.9 Å². The molecule has 0 bridgehead atoms. The predicted octanol–water partition coefficient (Wildman–Crippen LogP) is 2.45. The number of hydrogen-bond donors (Lipinski definition) is 0. The summed E-state index contributed by atoms with van der Waals surface area (Å²) in [4.78, 5) is 4.52. The van der Waals surface area contributed by atoms with Crippen molar-refractivity contribution >= 4 is 0 Å². The summed E-state index contributed by atoms with van der Waals surface area (Å²) in [6.45, 7) is 7.18. The molecule has 0 saturated heterocycles. The molecule has 2 heterocycles. The summed E-state index contributed by atoms with van der Waals surface area (Å²) in [6, 6.07) is 2.18. The second kappa shape index (κ2) is 3.02. The molecule has 0 aromatic carbocycles. The molecule has 0 unspecified atom stereocenters. The fourth-order valence-corrected chi connectivity index (χ4v) is 1.69. The van der Waals surface area contributed by atoms with Gasteiger partial charge < -0.3 is 4.74 Å². The summed E-state index contributed by atoms with van der Waals surface area (Å²) in [5.41, 5.74) is 3.55. The van der Waals surface area contributed by atoms with Crippen LogP contribution >= 0.6 is 0 Å². The number of fused-ring (bicyclic) bond motifs is 1. The van der Waals surface area contributed by atoms with Crippen molar-refractivity contribution in [2.45, 2.75) is 33.1 Å². The van der Waals surface area contributed by atoms with Crippen molar-refractivity contribution in [2.24, 2.45) is 0 Å². The summed E-state index contributed by atoms with van der Waals surface area (Å²) in [5.74, 6) is 1.52. The van der Waals surface area contributed by atoms with Crippen molar-refractivity contribution in [1.29, 1.82) is 0 Å². The van der Waals surface area contributed by atoms with E-state index < -0.39 is 0 Å². The van der Waals surface area contributed by atoms with Crippen LogP contribution in [0.2, 0.25) is 0 Å². The standard InChI is InChI=1S/C11H15NO/c1-7(2)10-6-9-4-5-13-11(9)8(3)12-10/h6-7H,4-5H2,1-3H3. The van der Waals surface area contributed by atoms with Crippen molar-refractivity contribution < 1.29 is 4.74 Å². The third-order valence-corrected chi connectivity index (χ3v) is 2.45. The maximum atomic E-state index is 5.50. The van der Waals surface area contributed by atoms with Gasteiger partial charge in [-0.05, 0) is 18.9 Å². The first-order valence-corrected chi connectivity index (χ1v) is 4.81. The minimum Gasteiger partial charge on any atom is -0.491 e. The molecule has 1 aliphatic rings. The van der Waals surface area contributed by atoms with E-state index in [-0.39, 0.29) is 0 Å². The molecule has 0 saturated carbocycles. The lowest BCUT2D eigenvalue weighted by atomic mass is 10.1. The van der Waals surface area contributed by atoms with E-state index in [1.54, 1.807) is 0 Å². The van der Waals surface area contributed by atoms with Crippen LogP contribution in [0.5, 0.6) is 5.75 Å². The van der Waals surface area contributed by atoms with Crippen molar-refractivity contribution in [3.05, 3.63) is 23.0 Å². The number of rotatable bonds is 1. The Morgan fingerprint density at radius 3 is 2.92 bits per heavy atom. The molecule has 2 nitrogen and oxygen atoms in total. The fraction of sp³-hybridized carbons (Fsp3) is 0.545. The van der Waals surface area contributed by atoms with Crippen LogP contribution in [0.1, 0.15) is 36.7 Å². The lowest BCUT2D eigenvalue weighted by Gasteiger charge is -2.08. The van der Waals surface area contributed by atoms with Gasteiger partial charge in [0.05, 0.1) is 12.3 Å². The van der Waals surface area contributed by atoms with Crippen LogP contribution in [-0.4, -0.2) is 11.6 Å². The van der Waals surface area contributed by atoms with Crippen LogP contribution in [-0.2, 0) is 6.42 Å². The van der Waals surface area contributed by atoms with Gasteiger partial charge in [-0.3, -0.25) is 4.98 Å². The van der Waals surface area contributed by atoms with Crippen molar-refractivity contribution in [2.75, 3.05) is 6.61 Å². The second-order valence-electron chi connectivity index (χ2n) is 3.87. The largest absolute Gasteiger partial charge is 0.491 e. The number of nitrogens with zero attached hydrogens (tertiary/aromatic N) is 1. The minimum absolute atomic E-state index is 0.504. The van der Waals surface area contributed by atoms with Crippen LogP contribution in [0.4, 0.5) is 0 Å². The Labute approximate surface area is 78.9 Å². The van der Waals surface area contributed by atoms with Crippen LogP contribution in [0.15, 0.2) is 6.07 Å². The Kier molecular flexibility index (Phi) is 1.98. The number of ether oxygens (including phenoxy) is 1. The Morgan fingerprint density at radius 2 is 2.23 bits per heavy atom.